The summed E-state index contributed by atoms with van der Waals surface area (Å²) in [6, 6.07) is 5.86. The lowest BCUT2D eigenvalue weighted by atomic mass is 9.86. The van der Waals surface area contributed by atoms with Gasteiger partial charge in [-0.3, -0.25) is 0 Å². The number of nitrogens with two attached hydrogens (primary N) is 3. The van der Waals surface area contributed by atoms with Gasteiger partial charge in [0.1, 0.15) is 0 Å². The standard InChI is InChI=1S/C17H21N3/c1-3-12-8-9-13(11(2)10-12)16(18)14-6-4-5-7-15(14)17(19)20/h1,8-10H,4-7,18-20H2,2H3/b16-14-. The highest BCUT2D eigenvalue weighted by Crippen LogP contribution is 2.33. The maximum absolute atomic E-state index is 6.37. The van der Waals surface area contributed by atoms with Gasteiger partial charge in [0.25, 0.3) is 0 Å². The van der Waals surface area contributed by atoms with Gasteiger partial charge in [0.05, 0.1) is 5.82 Å². The first-order valence-corrected chi connectivity index (χ1v) is 6.85. The second-order valence-corrected chi connectivity index (χ2v) is 5.21. The van der Waals surface area contributed by atoms with Gasteiger partial charge in [-0.1, -0.05) is 12.0 Å². The second kappa shape index (κ2) is 5.75. The first-order chi connectivity index (χ1) is 9.54. The molecule has 0 aromatic heterocycles. The van der Waals surface area contributed by atoms with E-state index in [0.717, 1.165) is 59.2 Å². The van der Waals surface area contributed by atoms with E-state index in [1.807, 2.05) is 25.1 Å². The molecule has 1 fully saturated rings. The molecule has 1 aromatic rings. The molecule has 0 amide bonds. The van der Waals surface area contributed by atoms with Gasteiger partial charge in [0.15, 0.2) is 0 Å². The van der Waals surface area contributed by atoms with Crippen molar-refractivity contribution in [2.24, 2.45) is 17.2 Å². The molecule has 0 atom stereocenters. The Morgan fingerprint density at radius 2 is 1.75 bits per heavy atom. The van der Waals surface area contributed by atoms with Gasteiger partial charge in [-0.05, 0) is 61.4 Å². The average molecular weight is 267 g/mol. The molecule has 20 heavy (non-hydrogen) atoms. The largest absolute Gasteiger partial charge is 0.398 e. The Hall–Kier alpha value is -2.34. The molecule has 0 bridgehead atoms. The molecule has 1 saturated carbocycles. The van der Waals surface area contributed by atoms with Crippen LogP contribution in [0.25, 0.3) is 5.70 Å². The van der Waals surface area contributed by atoms with Crippen molar-refractivity contribution in [3.63, 3.8) is 0 Å². The predicted molar refractivity (Wildman–Crippen MR) is 84.1 cm³/mol. The molecule has 0 aliphatic heterocycles. The minimum absolute atomic E-state index is 0.389. The number of aryl methyl sites for hydroxylation is 1. The predicted octanol–water partition coefficient (Wildman–Crippen LogP) is 2.35. The van der Waals surface area contributed by atoms with E-state index < -0.39 is 0 Å². The topological polar surface area (TPSA) is 78.1 Å². The van der Waals surface area contributed by atoms with Crippen LogP contribution in [-0.4, -0.2) is 0 Å². The quantitative estimate of drug-likeness (QED) is 0.683. The summed E-state index contributed by atoms with van der Waals surface area (Å²) >= 11 is 0. The number of benzene rings is 1. The van der Waals surface area contributed by atoms with Crippen LogP contribution in [0.1, 0.15) is 42.4 Å². The van der Waals surface area contributed by atoms with Crippen LogP contribution >= 0.6 is 0 Å². The van der Waals surface area contributed by atoms with E-state index in [-0.39, 0.29) is 0 Å². The highest BCUT2D eigenvalue weighted by molar-refractivity contribution is 5.73. The molecule has 3 nitrogen and oxygen atoms in total. The summed E-state index contributed by atoms with van der Waals surface area (Å²) in [5.74, 6) is 3.02. The molecule has 0 radical (unpaired) electrons. The molecule has 0 saturated heterocycles. The Morgan fingerprint density at radius 1 is 1.10 bits per heavy atom. The van der Waals surface area contributed by atoms with Crippen molar-refractivity contribution >= 4 is 5.70 Å². The van der Waals surface area contributed by atoms with E-state index in [0.29, 0.717) is 5.82 Å². The molecule has 0 unspecified atom stereocenters. The van der Waals surface area contributed by atoms with E-state index in [2.05, 4.69) is 5.92 Å². The second-order valence-electron chi connectivity index (χ2n) is 5.21. The molecule has 1 aromatic carbocycles. The first-order valence-electron chi connectivity index (χ1n) is 6.85. The van der Waals surface area contributed by atoms with E-state index in [1.54, 1.807) is 0 Å². The zero-order chi connectivity index (χ0) is 14.7. The van der Waals surface area contributed by atoms with Crippen molar-refractivity contribution in [2.75, 3.05) is 0 Å². The van der Waals surface area contributed by atoms with Gasteiger partial charge in [-0.25, -0.2) is 0 Å². The fraction of sp³-hybridized carbons (Fsp3) is 0.294. The Balaban J connectivity index is 2.53. The zero-order valence-electron chi connectivity index (χ0n) is 11.9. The van der Waals surface area contributed by atoms with Crippen molar-refractivity contribution in [1.82, 2.24) is 0 Å². The third kappa shape index (κ3) is 2.65. The van der Waals surface area contributed by atoms with Crippen LogP contribution in [0.15, 0.2) is 35.2 Å². The fourth-order valence-corrected chi connectivity index (χ4v) is 2.74. The Bertz CT molecular complexity index is 626. The van der Waals surface area contributed by atoms with Gasteiger partial charge in [-0.15, -0.1) is 6.42 Å². The molecular weight excluding hydrogens is 246 g/mol. The lowest BCUT2D eigenvalue weighted by Gasteiger charge is -2.22. The Labute approximate surface area is 120 Å². The smallest absolute Gasteiger partial charge is 0.0970 e. The van der Waals surface area contributed by atoms with Gasteiger partial charge >= 0.3 is 0 Å². The number of hydrogen-bond acceptors (Lipinski definition) is 3. The van der Waals surface area contributed by atoms with Crippen molar-refractivity contribution in [3.8, 4) is 12.3 Å². The highest BCUT2D eigenvalue weighted by Gasteiger charge is 2.18. The van der Waals surface area contributed by atoms with Gasteiger partial charge < -0.3 is 17.2 Å². The lowest BCUT2D eigenvalue weighted by Crippen LogP contribution is -2.18. The number of rotatable bonds is 1. The zero-order valence-corrected chi connectivity index (χ0v) is 11.9. The SMILES string of the molecule is C#Cc1ccc(/C(N)=C2\CCCCC2=C(N)N)c(C)c1. The molecule has 2 rings (SSSR count). The summed E-state index contributed by atoms with van der Waals surface area (Å²) in [5.41, 5.74) is 23.8. The molecule has 0 spiro atoms. The van der Waals surface area contributed by atoms with Crippen molar-refractivity contribution in [1.29, 1.82) is 0 Å². The Kier molecular flexibility index (Phi) is 4.05. The third-order valence-corrected chi connectivity index (χ3v) is 3.82. The van der Waals surface area contributed by atoms with Crippen LogP contribution in [0.4, 0.5) is 0 Å². The average Bonchev–Trinajstić information content (AvgIpc) is 2.46. The molecule has 6 N–H and O–H groups in total. The fourth-order valence-electron chi connectivity index (χ4n) is 2.74. The van der Waals surface area contributed by atoms with Crippen LogP contribution in [0, 0.1) is 19.3 Å². The minimum Gasteiger partial charge on any atom is -0.398 e. The number of hydrogen-bond donors (Lipinski definition) is 3. The summed E-state index contributed by atoms with van der Waals surface area (Å²) in [6.07, 6.45) is 9.47. The van der Waals surface area contributed by atoms with Gasteiger partial charge in [-0.2, -0.15) is 0 Å². The normalized spacial score (nSPS) is 17.5. The maximum Gasteiger partial charge on any atom is 0.0970 e. The summed E-state index contributed by atoms with van der Waals surface area (Å²) in [7, 11) is 0. The third-order valence-electron chi connectivity index (χ3n) is 3.82. The minimum atomic E-state index is 0.389. The van der Waals surface area contributed by atoms with E-state index in [4.69, 9.17) is 23.6 Å². The van der Waals surface area contributed by atoms with Crippen LogP contribution in [0.3, 0.4) is 0 Å². The first kappa shape index (κ1) is 14.1. The van der Waals surface area contributed by atoms with Gasteiger partial charge in [0, 0.05) is 16.8 Å². The molecular formula is C17H21N3. The highest BCUT2D eigenvalue weighted by atomic mass is 14.8. The number of allylic oxidation sites excluding steroid dienone is 2. The van der Waals surface area contributed by atoms with Crippen LogP contribution < -0.4 is 17.2 Å². The molecule has 1 aliphatic carbocycles. The van der Waals surface area contributed by atoms with Crippen LogP contribution in [0.2, 0.25) is 0 Å². The monoisotopic (exact) mass is 267 g/mol. The van der Waals surface area contributed by atoms with Gasteiger partial charge in [0.2, 0.25) is 0 Å². The van der Waals surface area contributed by atoms with E-state index >= 15 is 0 Å². The molecule has 104 valence electrons. The van der Waals surface area contributed by atoms with Crippen LogP contribution in [0.5, 0.6) is 0 Å². The molecule has 1 aliphatic rings. The lowest BCUT2D eigenvalue weighted by molar-refractivity contribution is 0.672. The van der Waals surface area contributed by atoms with E-state index in [9.17, 15) is 0 Å². The van der Waals surface area contributed by atoms with E-state index in [1.165, 1.54) is 0 Å². The summed E-state index contributed by atoms with van der Waals surface area (Å²) < 4.78 is 0. The molecule has 3 heteroatoms. The Morgan fingerprint density at radius 3 is 2.30 bits per heavy atom. The van der Waals surface area contributed by atoms with Crippen molar-refractivity contribution < 1.29 is 0 Å². The van der Waals surface area contributed by atoms with Crippen LogP contribution in [-0.2, 0) is 0 Å². The van der Waals surface area contributed by atoms with Crippen molar-refractivity contribution in [3.05, 3.63) is 51.9 Å². The maximum atomic E-state index is 6.37. The summed E-state index contributed by atoms with van der Waals surface area (Å²) in [5, 5.41) is 0. The molecule has 0 heterocycles. The number of terminal acetylenes is 1. The summed E-state index contributed by atoms with van der Waals surface area (Å²) in [6.45, 7) is 2.02. The summed E-state index contributed by atoms with van der Waals surface area (Å²) in [4.78, 5) is 0. The van der Waals surface area contributed by atoms with Crippen molar-refractivity contribution in [2.45, 2.75) is 32.6 Å².